The summed E-state index contributed by atoms with van der Waals surface area (Å²) in [6.07, 6.45) is 3.90. The number of carbonyl (C=O) groups is 1. The second-order valence-corrected chi connectivity index (χ2v) is 9.02. The van der Waals surface area contributed by atoms with E-state index in [0.717, 1.165) is 35.3 Å². The van der Waals surface area contributed by atoms with Crippen LogP contribution in [0.25, 0.3) is 16.9 Å². The molecule has 0 spiro atoms. The van der Waals surface area contributed by atoms with Crippen molar-refractivity contribution in [2.75, 3.05) is 11.9 Å². The van der Waals surface area contributed by atoms with E-state index in [1.807, 2.05) is 31.2 Å². The highest BCUT2D eigenvalue weighted by Gasteiger charge is 2.24. The Morgan fingerprint density at radius 1 is 1.34 bits per heavy atom. The van der Waals surface area contributed by atoms with Crippen molar-refractivity contribution in [3.8, 4) is 11.3 Å². The molecular weight excluding hydrogens is 434 g/mol. The van der Waals surface area contributed by atoms with Gasteiger partial charge in [0, 0.05) is 23.7 Å². The zero-order chi connectivity index (χ0) is 20.8. The third-order valence-electron chi connectivity index (χ3n) is 4.83. The van der Waals surface area contributed by atoms with Crippen molar-refractivity contribution in [1.29, 1.82) is 0 Å². The van der Waals surface area contributed by atoms with E-state index >= 15 is 0 Å². The molecule has 0 bridgehead atoms. The fourth-order valence-corrected chi connectivity index (χ4v) is 3.53. The number of rotatable bonds is 6. The number of fused-ring (bicyclic) bond motifs is 1. The number of nitrogens with one attached hydrogen (secondary N) is 2. The molecule has 1 aromatic carbocycles. The molecule has 2 aromatic heterocycles. The van der Waals surface area contributed by atoms with E-state index in [9.17, 15) is 9.90 Å². The number of aryl methyl sites for hydroxylation is 1. The van der Waals surface area contributed by atoms with Gasteiger partial charge in [0.1, 0.15) is 4.60 Å². The highest BCUT2D eigenvalue weighted by atomic mass is 79.9. The third-order valence-corrected chi connectivity index (χ3v) is 5.22. The van der Waals surface area contributed by atoms with Gasteiger partial charge in [-0.1, -0.05) is 6.07 Å². The maximum atomic E-state index is 12.4. The topological polar surface area (TPSA) is 91.6 Å². The van der Waals surface area contributed by atoms with E-state index in [4.69, 9.17) is 0 Å². The lowest BCUT2D eigenvalue weighted by Gasteiger charge is -2.19. The quantitative estimate of drug-likeness (QED) is 0.526. The van der Waals surface area contributed by atoms with E-state index in [1.165, 1.54) is 0 Å². The summed E-state index contributed by atoms with van der Waals surface area (Å²) in [5.41, 5.74) is 3.94. The first-order valence-corrected chi connectivity index (χ1v) is 10.4. The molecule has 1 aliphatic rings. The molecule has 0 radical (unpaired) electrons. The second-order valence-electron chi connectivity index (χ2n) is 8.20. The second kappa shape index (κ2) is 7.42. The Morgan fingerprint density at radius 2 is 2.10 bits per heavy atom. The number of aliphatic hydroxyl groups is 1. The molecule has 2 heterocycles. The molecule has 152 valence electrons. The number of benzene rings is 1. The maximum absolute atomic E-state index is 12.4. The van der Waals surface area contributed by atoms with E-state index < -0.39 is 5.60 Å². The minimum absolute atomic E-state index is 0.0198. The molecule has 4 rings (SSSR count). The van der Waals surface area contributed by atoms with Gasteiger partial charge in [-0.15, -0.1) is 0 Å². The fourth-order valence-electron chi connectivity index (χ4n) is 3.15. The largest absolute Gasteiger partial charge is 0.389 e. The van der Waals surface area contributed by atoms with E-state index in [0.29, 0.717) is 28.4 Å². The number of halogens is 1. The molecule has 3 aromatic rings. The van der Waals surface area contributed by atoms with Crippen molar-refractivity contribution in [2.24, 2.45) is 0 Å². The predicted molar refractivity (Wildman–Crippen MR) is 116 cm³/mol. The van der Waals surface area contributed by atoms with Gasteiger partial charge < -0.3 is 15.7 Å². The normalized spacial score (nSPS) is 14.2. The van der Waals surface area contributed by atoms with Crippen LogP contribution in [0.2, 0.25) is 0 Å². The lowest BCUT2D eigenvalue weighted by molar-refractivity contribution is 0.0940. The van der Waals surface area contributed by atoms with Crippen molar-refractivity contribution in [3.05, 3.63) is 46.2 Å². The van der Waals surface area contributed by atoms with Crippen LogP contribution < -0.4 is 10.6 Å². The summed E-state index contributed by atoms with van der Waals surface area (Å²) in [6, 6.07) is 7.93. The Morgan fingerprint density at radius 3 is 2.76 bits per heavy atom. The van der Waals surface area contributed by atoms with Gasteiger partial charge >= 0.3 is 0 Å². The first kappa shape index (κ1) is 19.8. The summed E-state index contributed by atoms with van der Waals surface area (Å²) in [7, 11) is 0. The Kier molecular flexibility index (Phi) is 5.08. The van der Waals surface area contributed by atoms with Crippen LogP contribution in [-0.2, 0) is 0 Å². The minimum Gasteiger partial charge on any atom is -0.389 e. The molecule has 0 unspecified atom stereocenters. The van der Waals surface area contributed by atoms with Gasteiger partial charge in [0.15, 0.2) is 5.65 Å². The molecule has 1 aliphatic carbocycles. The van der Waals surface area contributed by atoms with Crippen molar-refractivity contribution >= 4 is 33.2 Å². The molecule has 8 heteroatoms. The van der Waals surface area contributed by atoms with Crippen LogP contribution in [-0.4, -0.2) is 43.8 Å². The number of amides is 1. The number of nitrogens with zero attached hydrogens (tertiary/aromatic N) is 3. The number of aromatic nitrogens is 3. The average Bonchev–Trinajstić information content (AvgIpc) is 3.35. The molecule has 3 N–H and O–H groups in total. The number of hydrogen-bond acceptors (Lipinski definition) is 5. The van der Waals surface area contributed by atoms with Gasteiger partial charge in [0.2, 0.25) is 0 Å². The van der Waals surface area contributed by atoms with Gasteiger partial charge in [-0.05, 0) is 73.3 Å². The summed E-state index contributed by atoms with van der Waals surface area (Å²) in [5.74, 6) is -0.0198. The summed E-state index contributed by atoms with van der Waals surface area (Å²) in [5, 5.41) is 20.8. The summed E-state index contributed by atoms with van der Waals surface area (Å²) >= 11 is 3.45. The highest BCUT2D eigenvalue weighted by molar-refractivity contribution is 9.10. The van der Waals surface area contributed by atoms with E-state index in [2.05, 4.69) is 36.6 Å². The molecule has 0 atom stereocenters. The molecule has 1 amide bonds. The van der Waals surface area contributed by atoms with Crippen LogP contribution >= 0.6 is 15.9 Å². The zero-order valence-electron chi connectivity index (χ0n) is 16.7. The van der Waals surface area contributed by atoms with E-state index in [1.54, 1.807) is 24.6 Å². The summed E-state index contributed by atoms with van der Waals surface area (Å²) < 4.78 is 2.41. The molecule has 1 saturated carbocycles. The van der Waals surface area contributed by atoms with Gasteiger partial charge in [0.25, 0.3) is 5.91 Å². The van der Waals surface area contributed by atoms with Crippen LogP contribution in [0.4, 0.5) is 5.69 Å². The summed E-state index contributed by atoms with van der Waals surface area (Å²) in [6.45, 7) is 5.81. The lowest BCUT2D eigenvalue weighted by atomic mass is 10.0. The van der Waals surface area contributed by atoms with Crippen LogP contribution in [0.1, 0.15) is 42.6 Å². The van der Waals surface area contributed by atoms with Crippen LogP contribution in [0.3, 0.4) is 0 Å². The first-order chi connectivity index (χ1) is 13.7. The van der Waals surface area contributed by atoms with Crippen molar-refractivity contribution < 1.29 is 9.90 Å². The van der Waals surface area contributed by atoms with E-state index in [-0.39, 0.29) is 5.91 Å². The zero-order valence-corrected chi connectivity index (χ0v) is 18.2. The Bertz CT molecular complexity index is 1080. The van der Waals surface area contributed by atoms with Crippen LogP contribution in [0.5, 0.6) is 0 Å². The Labute approximate surface area is 177 Å². The van der Waals surface area contributed by atoms with Gasteiger partial charge in [-0.2, -0.15) is 5.10 Å². The molecule has 1 fully saturated rings. The van der Waals surface area contributed by atoms with Gasteiger partial charge in [-0.3, -0.25) is 4.79 Å². The van der Waals surface area contributed by atoms with Crippen LogP contribution in [0.15, 0.2) is 35.1 Å². The number of anilines is 1. The molecule has 0 saturated heterocycles. The average molecular weight is 458 g/mol. The molecule has 29 heavy (non-hydrogen) atoms. The number of hydrogen-bond donors (Lipinski definition) is 3. The first-order valence-electron chi connectivity index (χ1n) is 9.64. The Balaban J connectivity index is 1.68. The Hall–Kier alpha value is -2.45. The molecule has 7 nitrogen and oxygen atoms in total. The predicted octanol–water partition coefficient (Wildman–Crippen LogP) is 3.54. The molecule has 0 aliphatic heterocycles. The fraction of sp³-hybridized carbons (Fsp3) is 0.381. The number of imidazole rings is 1. The third kappa shape index (κ3) is 4.43. The minimum atomic E-state index is -0.851. The van der Waals surface area contributed by atoms with Gasteiger partial charge in [-0.25, -0.2) is 9.50 Å². The smallest absolute Gasteiger partial charge is 0.251 e. The maximum Gasteiger partial charge on any atom is 0.251 e. The standard InChI is InChI=1S/C21H24BrN5O2/c1-12-8-13(4-7-15(12)20(28)25-14-5-6-14)17-10-23-19-16(24-11-21(2,3)29)9-18(22)26-27(17)19/h4,7-10,14,24,29H,5-6,11H2,1-3H3,(H,25,28). The van der Waals surface area contributed by atoms with Crippen LogP contribution in [0, 0.1) is 6.92 Å². The SMILES string of the molecule is Cc1cc(-c2cnc3c(NCC(C)(C)O)cc(Br)nn23)ccc1C(=O)NC1CC1. The van der Waals surface area contributed by atoms with Crippen molar-refractivity contribution in [2.45, 2.75) is 45.3 Å². The monoisotopic (exact) mass is 457 g/mol. The number of carbonyl (C=O) groups excluding carboxylic acids is 1. The van der Waals surface area contributed by atoms with Crippen molar-refractivity contribution in [3.63, 3.8) is 0 Å². The highest BCUT2D eigenvalue weighted by Crippen LogP contribution is 2.28. The van der Waals surface area contributed by atoms with Crippen molar-refractivity contribution in [1.82, 2.24) is 19.9 Å². The summed E-state index contributed by atoms with van der Waals surface area (Å²) in [4.78, 5) is 16.9. The molecular formula is C21H24BrN5O2. The van der Waals surface area contributed by atoms with Gasteiger partial charge in [0.05, 0.1) is 23.2 Å². The lowest BCUT2D eigenvalue weighted by Crippen LogP contribution is -2.29.